The molecule has 29 heavy (non-hydrogen) atoms. The molecular weight excluding hydrogens is 386 g/mol. The minimum atomic E-state index is -2.98. The lowest BCUT2D eigenvalue weighted by Gasteiger charge is -2.33. The van der Waals surface area contributed by atoms with Gasteiger partial charge in [0.25, 0.3) is 5.91 Å². The fourth-order valence-corrected chi connectivity index (χ4v) is 3.22. The number of ether oxygens (including phenoxy) is 3. The van der Waals surface area contributed by atoms with Gasteiger partial charge in [0.05, 0.1) is 26.4 Å². The molecule has 2 heterocycles. The van der Waals surface area contributed by atoms with Crippen LogP contribution in [0.25, 0.3) is 0 Å². The average Bonchev–Trinajstić information content (AvgIpc) is 3.14. The zero-order valence-electron chi connectivity index (χ0n) is 16.3. The Hall–Kier alpha value is -2.65. The molecule has 1 fully saturated rings. The summed E-state index contributed by atoms with van der Waals surface area (Å²) >= 11 is 0. The minimum absolute atomic E-state index is 0.0596. The second-order valence-corrected chi connectivity index (χ2v) is 6.57. The Balaban J connectivity index is 1.71. The van der Waals surface area contributed by atoms with E-state index in [1.54, 1.807) is 0 Å². The van der Waals surface area contributed by atoms with Crippen molar-refractivity contribution in [2.75, 3.05) is 40.0 Å². The van der Waals surface area contributed by atoms with E-state index in [9.17, 15) is 13.6 Å². The van der Waals surface area contributed by atoms with Crippen LogP contribution in [0.15, 0.2) is 34.7 Å². The molecule has 1 aromatic heterocycles. The smallest absolute Gasteiger partial charge is 0.387 e. The molecule has 0 aliphatic carbocycles. The number of halogens is 2. The lowest BCUT2D eigenvalue weighted by molar-refractivity contribution is -0.0512. The van der Waals surface area contributed by atoms with E-state index in [1.165, 1.54) is 25.3 Å². The predicted molar refractivity (Wildman–Crippen MR) is 101 cm³/mol. The average molecular weight is 410 g/mol. The standard InChI is InChI=1S/C20H24F2N2O5/c1-13-3-5-16(28-13)15(24-7-9-27-10-8-24)12-23-19(25)14-4-6-17(29-20(21)22)18(11-14)26-2/h3-6,11,15,20H,7-10,12H2,1-2H3,(H,23,25). The molecule has 0 bridgehead atoms. The molecule has 9 heteroatoms. The number of hydrogen-bond acceptors (Lipinski definition) is 6. The molecule has 7 nitrogen and oxygen atoms in total. The molecule has 1 aromatic carbocycles. The Bertz CT molecular complexity index is 821. The van der Waals surface area contributed by atoms with Gasteiger partial charge in [-0.1, -0.05) is 0 Å². The first-order chi connectivity index (χ1) is 14.0. The van der Waals surface area contributed by atoms with Gasteiger partial charge in [-0.3, -0.25) is 9.69 Å². The largest absolute Gasteiger partial charge is 0.493 e. The number of nitrogens with one attached hydrogen (secondary N) is 1. The Kier molecular flexibility index (Phi) is 7.05. The number of carbonyl (C=O) groups is 1. The number of benzene rings is 1. The molecule has 1 aliphatic heterocycles. The third-order valence-corrected chi connectivity index (χ3v) is 4.67. The number of hydrogen-bond donors (Lipinski definition) is 1. The van der Waals surface area contributed by atoms with Crippen molar-refractivity contribution in [2.24, 2.45) is 0 Å². The van der Waals surface area contributed by atoms with Crippen LogP contribution in [-0.4, -0.2) is 57.4 Å². The summed E-state index contributed by atoms with van der Waals surface area (Å²) in [5.41, 5.74) is 0.278. The van der Waals surface area contributed by atoms with Crippen molar-refractivity contribution in [1.82, 2.24) is 10.2 Å². The Morgan fingerprint density at radius 3 is 2.59 bits per heavy atom. The highest BCUT2D eigenvalue weighted by Crippen LogP contribution is 2.29. The van der Waals surface area contributed by atoms with Gasteiger partial charge in [0, 0.05) is 25.2 Å². The number of amides is 1. The number of carbonyl (C=O) groups excluding carboxylic acids is 1. The van der Waals surface area contributed by atoms with Gasteiger partial charge in [0.15, 0.2) is 11.5 Å². The SMILES string of the molecule is COc1cc(C(=O)NCC(c2ccc(C)o2)N2CCOCC2)ccc1OC(F)F. The van der Waals surface area contributed by atoms with Crippen LogP contribution in [0.3, 0.4) is 0 Å². The van der Waals surface area contributed by atoms with Crippen molar-refractivity contribution in [1.29, 1.82) is 0 Å². The van der Waals surface area contributed by atoms with Crippen molar-refractivity contribution in [3.05, 3.63) is 47.4 Å². The van der Waals surface area contributed by atoms with Crippen LogP contribution in [0.1, 0.15) is 27.9 Å². The van der Waals surface area contributed by atoms with Gasteiger partial charge in [0.1, 0.15) is 11.5 Å². The first-order valence-electron chi connectivity index (χ1n) is 9.27. The van der Waals surface area contributed by atoms with Crippen LogP contribution >= 0.6 is 0 Å². The van der Waals surface area contributed by atoms with Crippen LogP contribution in [0.4, 0.5) is 8.78 Å². The summed E-state index contributed by atoms with van der Waals surface area (Å²) in [6, 6.07) is 7.72. The highest BCUT2D eigenvalue weighted by atomic mass is 19.3. The second kappa shape index (κ2) is 9.71. The Morgan fingerprint density at radius 1 is 1.21 bits per heavy atom. The van der Waals surface area contributed by atoms with E-state index >= 15 is 0 Å². The number of nitrogens with zero attached hydrogens (tertiary/aromatic N) is 1. The van der Waals surface area contributed by atoms with Crippen molar-refractivity contribution in [3.8, 4) is 11.5 Å². The highest BCUT2D eigenvalue weighted by molar-refractivity contribution is 5.94. The number of furan rings is 1. The maximum atomic E-state index is 12.6. The van der Waals surface area contributed by atoms with Gasteiger partial charge in [-0.05, 0) is 37.3 Å². The van der Waals surface area contributed by atoms with E-state index in [0.29, 0.717) is 19.8 Å². The number of aryl methyl sites for hydroxylation is 1. The summed E-state index contributed by atoms with van der Waals surface area (Å²) in [5.74, 6) is 1.14. The first kappa shape index (κ1) is 21.1. The monoisotopic (exact) mass is 410 g/mol. The minimum Gasteiger partial charge on any atom is -0.493 e. The zero-order chi connectivity index (χ0) is 20.8. The summed E-state index contributed by atoms with van der Waals surface area (Å²) in [4.78, 5) is 14.8. The molecule has 1 saturated heterocycles. The highest BCUT2D eigenvalue weighted by Gasteiger charge is 2.26. The fraction of sp³-hybridized carbons (Fsp3) is 0.450. The molecule has 2 aromatic rings. The Labute approximate surface area is 167 Å². The molecule has 1 N–H and O–H groups in total. The third kappa shape index (κ3) is 5.45. The van der Waals surface area contributed by atoms with E-state index in [-0.39, 0.29) is 29.0 Å². The third-order valence-electron chi connectivity index (χ3n) is 4.67. The molecule has 0 spiro atoms. The van der Waals surface area contributed by atoms with Crippen molar-refractivity contribution >= 4 is 5.91 Å². The van der Waals surface area contributed by atoms with Crippen molar-refractivity contribution in [2.45, 2.75) is 19.6 Å². The molecule has 0 saturated carbocycles. The summed E-state index contributed by atoms with van der Waals surface area (Å²) in [5, 5.41) is 2.89. The van der Waals surface area contributed by atoms with Crippen LogP contribution < -0.4 is 14.8 Å². The van der Waals surface area contributed by atoms with Gasteiger partial charge in [-0.25, -0.2) is 0 Å². The van der Waals surface area contributed by atoms with Crippen LogP contribution in [0.5, 0.6) is 11.5 Å². The molecule has 3 rings (SSSR count). The normalized spacial score (nSPS) is 15.9. The Morgan fingerprint density at radius 2 is 1.97 bits per heavy atom. The summed E-state index contributed by atoms with van der Waals surface area (Å²) < 4.78 is 45.6. The maximum absolute atomic E-state index is 12.6. The quantitative estimate of drug-likeness (QED) is 0.721. The molecule has 1 unspecified atom stereocenters. The molecule has 0 radical (unpaired) electrons. The van der Waals surface area contributed by atoms with Gasteiger partial charge in [0.2, 0.25) is 0 Å². The molecule has 1 amide bonds. The van der Waals surface area contributed by atoms with Gasteiger partial charge < -0.3 is 23.9 Å². The van der Waals surface area contributed by atoms with Crippen molar-refractivity contribution in [3.63, 3.8) is 0 Å². The number of alkyl halides is 2. The van der Waals surface area contributed by atoms with Gasteiger partial charge >= 0.3 is 6.61 Å². The van der Waals surface area contributed by atoms with Gasteiger partial charge in [-0.15, -0.1) is 0 Å². The second-order valence-electron chi connectivity index (χ2n) is 6.57. The maximum Gasteiger partial charge on any atom is 0.387 e. The molecule has 1 aliphatic rings. The van der Waals surface area contributed by atoms with Crippen LogP contribution in [0, 0.1) is 6.92 Å². The summed E-state index contributed by atoms with van der Waals surface area (Å²) in [6.07, 6.45) is 0. The van der Waals surface area contributed by atoms with E-state index in [1.807, 2.05) is 19.1 Å². The van der Waals surface area contributed by atoms with E-state index in [4.69, 9.17) is 13.9 Å². The van der Waals surface area contributed by atoms with Gasteiger partial charge in [-0.2, -0.15) is 8.78 Å². The van der Waals surface area contributed by atoms with Crippen LogP contribution in [0.2, 0.25) is 0 Å². The lowest BCUT2D eigenvalue weighted by atomic mass is 10.1. The predicted octanol–water partition coefficient (Wildman–Crippen LogP) is 3.00. The summed E-state index contributed by atoms with van der Waals surface area (Å²) in [7, 11) is 1.32. The van der Waals surface area contributed by atoms with E-state index in [0.717, 1.165) is 24.6 Å². The lowest BCUT2D eigenvalue weighted by Crippen LogP contribution is -2.43. The zero-order valence-corrected chi connectivity index (χ0v) is 16.3. The van der Waals surface area contributed by atoms with Crippen molar-refractivity contribution < 1.29 is 32.2 Å². The van der Waals surface area contributed by atoms with E-state index < -0.39 is 6.61 Å². The van der Waals surface area contributed by atoms with Crippen LogP contribution in [-0.2, 0) is 4.74 Å². The molecular formula is C20H24F2N2O5. The number of rotatable bonds is 8. The molecule has 158 valence electrons. The first-order valence-corrected chi connectivity index (χ1v) is 9.27. The fourth-order valence-electron chi connectivity index (χ4n) is 3.22. The number of morpholine rings is 1. The molecule has 1 atom stereocenters. The summed E-state index contributed by atoms with van der Waals surface area (Å²) in [6.45, 7) is 1.91. The van der Waals surface area contributed by atoms with E-state index in [2.05, 4.69) is 15.0 Å². The topological polar surface area (TPSA) is 73.2 Å². The number of methoxy groups -OCH3 is 1.